The van der Waals surface area contributed by atoms with Crippen molar-refractivity contribution >= 4 is 21.4 Å². The summed E-state index contributed by atoms with van der Waals surface area (Å²) in [4.78, 5) is 1.68. The molecule has 18 heavy (non-hydrogen) atoms. The van der Waals surface area contributed by atoms with E-state index in [1.165, 1.54) is 48.9 Å². The normalized spacial score (nSPS) is 17.4. The van der Waals surface area contributed by atoms with Crippen LogP contribution >= 0.6 is 11.3 Å². The van der Waals surface area contributed by atoms with Crippen LogP contribution in [0, 0.1) is 0 Å². The van der Waals surface area contributed by atoms with Crippen LogP contribution in [0.2, 0.25) is 0 Å². The molecule has 3 rings (SSSR count). The Labute approximate surface area is 113 Å². The second kappa shape index (κ2) is 5.41. The van der Waals surface area contributed by atoms with E-state index in [4.69, 9.17) is 0 Å². The van der Waals surface area contributed by atoms with Crippen LogP contribution < -0.4 is 5.32 Å². The van der Waals surface area contributed by atoms with Crippen molar-refractivity contribution in [2.24, 2.45) is 0 Å². The van der Waals surface area contributed by atoms with Crippen LogP contribution in [-0.2, 0) is 6.42 Å². The van der Waals surface area contributed by atoms with Gasteiger partial charge in [-0.2, -0.15) is 0 Å². The van der Waals surface area contributed by atoms with Gasteiger partial charge >= 0.3 is 0 Å². The van der Waals surface area contributed by atoms with Crippen molar-refractivity contribution in [2.75, 3.05) is 13.1 Å². The molecular weight excluding hydrogens is 238 g/mol. The van der Waals surface area contributed by atoms with E-state index in [1.807, 2.05) is 11.3 Å². The molecule has 0 bridgehead atoms. The van der Waals surface area contributed by atoms with Gasteiger partial charge < -0.3 is 5.32 Å². The number of benzene rings is 1. The lowest BCUT2D eigenvalue weighted by molar-refractivity contribution is 0.463. The smallest absolute Gasteiger partial charge is 0.0348 e. The van der Waals surface area contributed by atoms with Crippen LogP contribution in [0.4, 0.5) is 0 Å². The van der Waals surface area contributed by atoms with Gasteiger partial charge in [-0.05, 0) is 55.3 Å². The molecule has 0 amide bonds. The second-order valence-electron chi connectivity index (χ2n) is 5.22. The highest BCUT2D eigenvalue weighted by molar-refractivity contribution is 7.19. The van der Waals surface area contributed by atoms with E-state index in [0.29, 0.717) is 0 Å². The van der Waals surface area contributed by atoms with Crippen LogP contribution in [0.15, 0.2) is 24.3 Å². The summed E-state index contributed by atoms with van der Waals surface area (Å²) in [7, 11) is 0. The van der Waals surface area contributed by atoms with E-state index >= 15 is 0 Å². The molecule has 1 saturated heterocycles. The molecule has 0 spiro atoms. The van der Waals surface area contributed by atoms with E-state index < -0.39 is 0 Å². The van der Waals surface area contributed by atoms with Gasteiger partial charge in [0.25, 0.3) is 0 Å². The van der Waals surface area contributed by atoms with Gasteiger partial charge in [0.2, 0.25) is 0 Å². The maximum atomic E-state index is 3.47. The summed E-state index contributed by atoms with van der Waals surface area (Å²) in [5, 5.41) is 4.99. The molecule has 2 aromatic rings. The molecule has 0 unspecified atom stereocenters. The van der Waals surface area contributed by atoms with Gasteiger partial charge in [-0.3, -0.25) is 0 Å². The molecule has 2 heteroatoms. The first kappa shape index (κ1) is 12.2. The standard InChI is InChI=1S/C16H21NS/c1-2-5-14-13-6-3-4-7-15(13)18-16(14)12-8-10-17-11-9-12/h3-4,6-7,12,17H,2,5,8-11H2,1H3. The lowest BCUT2D eigenvalue weighted by Crippen LogP contribution is -2.26. The van der Waals surface area contributed by atoms with E-state index in [9.17, 15) is 0 Å². The predicted molar refractivity (Wildman–Crippen MR) is 80.7 cm³/mol. The Morgan fingerprint density at radius 3 is 2.78 bits per heavy atom. The van der Waals surface area contributed by atoms with Crippen LogP contribution in [-0.4, -0.2) is 13.1 Å². The number of fused-ring (bicyclic) bond motifs is 1. The Balaban J connectivity index is 2.05. The van der Waals surface area contributed by atoms with Crippen molar-refractivity contribution < 1.29 is 0 Å². The Hall–Kier alpha value is -0.860. The third-order valence-electron chi connectivity index (χ3n) is 3.94. The molecule has 96 valence electrons. The molecular formula is C16H21NS. The van der Waals surface area contributed by atoms with Gasteiger partial charge in [-0.15, -0.1) is 11.3 Å². The minimum atomic E-state index is 0.796. The number of hydrogen-bond acceptors (Lipinski definition) is 2. The van der Waals surface area contributed by atoms with E-state index in [1.54, 1.807) is 10.4 Å². The molecule has 0 atom stereocenters. The lowest BCUT2D eigenvalue weighted by atomic mass is 9.91. The summed E-state index contributed by atoms with van der Waals surface area (Å²) in [6.07, 6.45) is 5.11. The Bertz CT molecular complexity index is 523. The minimum Gasteiger partial charge on any atom is -0.317 e. The van der Waals surface area contributed by atoms with Crippen LogP contribution in [0.3, 0.4) is 0 Å². The lowest BCUT2D eigenvalue weighted by Gasteiger charge is -2.22. The minimum absolute atomic E-state index is 0.796. The zero-order chi connectivity index (χ0) is 12.4. The molecule has 1 aliphatic rings. The summed E-state index contributed by atoms with van der Waals surface area (Å²) in [6.45, 7) is 4.66. The van der Waals surface area contributed by atoms with Crippen molar-refractivity contribution in [3.05, 3.63) is 34.7 Å². The predicted octanol–water partition coefficient (Wildman–Crippen LogP) is 4.32. The first-order chi connectivity index (χ1) is 8.90. The fourth-order valence-corrected chi connectivity index (χ4v) is 4.46. The molecule has 1 fully saturated rings. The summed E-state index contributed by atoms with van der Waals surface area (Å²) in [5.41, 5.74) is 1.64. The molecule has 0 saturated carbocycles. The highest BCUT2D eigenvalue weighted by atomic mass is 32.1. The average molecular weight is 259 g/mol. The molecule has 1 aromatic heterocycles. The van der Waals surface area contributed by atoms with E-state index in [-0.39, 0.29) is 0 Å². The first-order valence-electron chi connectivity index (χ1n) is 7.11. The second-order valence-corrected chi connectivity index (χ2v) is 6.30. The third-order valence-corrected chi connectivity index (χ3v) is 5.32. The number of thiophene rings is 1. The number of hydrogen-bond donors (Lipinski definition) is 1. The van der Waals surface area contributed by atoms with E-state index in [2.05, 4.69) is 36.5 Å². The number of piperidine rings is 1. The van der Waals surface area contributed by atoms with Gasteiger partial charge in [0, 0.05) is 9.58 Å². The van der Waals surface area contributed by atoms with Crippen molar-refractivity contribution in [1.29, 1.82) is 0 Å². The Morgan fingerprint density at radius 2 is 2.00 bits per heavy atom. The number of rotatable bonds is 3. The van der Waals surface area contributed by atoms with Gasteiger partial charge in [0.1, 0.15) is 0 Å². The highest BCUT2D eigenvalue weighted by Gasteiger charge is 2.21. The maximum absolute atomic E-state index is 3.47. The maximum Gasteiger partial charge on any atom is 0.0348 e. The Morgan fingerprint density at radius 1 is 1.22 bits per heavy atom. The van der Waals surface area contributed by atoms with Crippen LogP contribution in [0.25, 0.3) is 10.1 Å². The van der Waals surface area contributed by atoms with Crippen molar-refractivity contribution in [3.63, 3.8) is 0 Å². The van der Waals surface area contributed by atoms with Crippen LogP contribution in [0.5, 0.6) is 0 Å². The summed E-state index contributed by atoms with van der Waals surface area (Å²) >= 11 is 2.04. The number of nitrogens with one attached hydrogen (secondary N) is 1. The van der Waals surface area contributed by atoms with E-state index in [0.717, 1.165) is 5.92 Å². The third kappa shape index (κ3) is 2.19. The Kier molecular flexibility index (Phi) is 3.67. The molecule has 2 heterocycles. The van der Waals surface area contributed by atoms with Crippen molar-refractivity contribution in [2.45, 2.75) is 38.5 Å². The molecule has 1 nitrogen and oxygen atoms in total. The molecule has 0 radical (unpaired) electrons. The van der Waals surface area contributed by atoms with Crippen molar-refractivity contribution in [3.8, 4) is 0 Å². The average Bonchev–Trinajstić information content (AvgIpc) is 2.80. The quantitative estimate of drug-likeness (QED) is 0.865. The summed E-state index contributed by atoms with van der Waals surface area (Å²) in [6, 6.07) is 8.94. The topological polar surface area (TPSA) is 12.0 Å². The van der Waals surface area contributed by atoms with Gasteiger partial charge in [0.15, 0.2) is 0 Å². The SMILES string of the molecule is CCCc1c(C2CCNCC2)sc2ccccc12. The molecule has 1 N–H and O–H groups in total. The fourth-order valence-electron chi connectivity index (χ4n) is 3.04. The van der Waals surface area contributed by atoms with Gasteiger partial charge in [-0.1, -0.05) is 31.5 Å². The van der Waals surface area contributed by atoms with Gasteiger partial charge in [0.05, 0.1) is 0 Å². The number of aryl methyl sites for hydroxylation is 1. The first-order valence-corrected chi connectivity index (χ1v) is 7.93. The zero-order valence-electron chi connectivity index (χ0n) is 11.0. The fraction of sp³-hybridized carbons (Fsp3) is 0.500. The summed E-state index contributed by atoms with van der Waals surface area (Å²) in [5.74, 6) is 0.796. The molecule has 1 aliphatic heterocycles. The van der Waals surface area contributed by atoms with Gasteiger partial charge in [-0.25, -0.2) is 0 Å². The van der Waals surface area contributed by atoms with Crippen molar-refractivity contribution in [1.82, 2.24) is 5.32 Å². The molecule has 0 aliphatic carbocycles. The molecule has 1 aromatic carbocycles. The summed E-state index contributed by atoms with van der Waals surface area (Å²) < 4.78 is 1.48. The largest absolute Gasteiger partial charge is 0.317 e. The highest BCUT2D eigenvalue weighted by Crippen LogP contribution is 2.39. The zero-order valence-corrected chi connectivity index (χ0v) is 11.9. The monoisotopic (exact) mass is 259 g/mol. The van der Waals surface area contributed by atoms with Crippen LogP contribution in [0.1, 0.15) is 42.5 Å².